The first kappa shape index (κ1) is 16.0. The number of hydrogen-bond acceptors (Lipinski definition) is 1. The van der Waals surface area contributed by atoms with E-state index in [1.54, 1.807) is 0 Å². The molecule has 0 amide bonds. The van der Waals surface area contributed by atoms with Gasteiger partial charge in [0.15, 0.2) is 0 Å². The zero-order valence-corrected chi connectivity index (χ0v) is 13.2. The van der Waals surface area contributed by atoms with Gasteiger partial charge in [-0.05, 0) is 49.6 Å². The van der Waals surface area contributed by atoms with Crippen LogP contribution in [0.3, 0.4) is 0 Å². The van der Waals surface area contributed by atoms with E-state index in [4.69, 9.17) is 0 Å². The molecule has 1 rings (SSSR count). The summed E-state index contributed by atoms with van der Waals surface area (Å²) < 4.78 is 0. The number of nitrogens with one attached hydrogen (secondary N) is 1. The van der Waals surface area contributed by atoms with Crippen LogP contribution in [0.2, 0.25) is 0 Å². The average Bonchev–Trinajstić information content (AvgIpc) is 2.34. The minimum Gasteiger partial charge on any atom is -0.316 e. The van der Waals surface area contributed by atoms with Crippen LogP contribution in [0.15, 0.2) is 0 Å². The van der Waals surface area contributed by atoms with Crippen LogP contribution in [0.25, 0.3) is 0 Å². The molecule has 0 aromatic heterocycles. The Kier molecular flexibility index (Phi) is 7.29. The quantitative estimate of drug-likeness (QED) is 0.600. The summed E-state index contributed by atoms with van der Waals surface area (Å²) in [5.41, 5.74) is 0.529. The highest BCUT2D eigenvalue weighted by Gasteiger charge is 2.21. The van der Waals surface area contributed by atoms with E-state index in [1.165, 1.54) is 64.5 Å². The molecular weight excluding hydrogens is 218 g/mol. The van der Waals surface area contributed by atoms with Crippen molar-refractivity contribution in [3.63, 3.8) is 0 Å². The molecule has 0 bridgehead atoms. The monoisotopic (exact) mass is 253 g/mol. The third kappa shape index (κ3) is 7.41. The van der Waals surface area contributed by atoms with Gasteiger partial charge in [0.25, 0.3) is 0 Å². The Labute approximate surface area is 115 Å². The molecule has 108 valence electrons. The van der Waals surface area contributed by atoms with E-state index in [9.17, 15) is 0 Å². The van der Waals surface area contributed by atoms with Crippen molar-refractivity contribution in [2.24, 2.45) is 17.3 Å². The molecule has 0 saturated heterocycles. The third-order valence-corrected chi connectivity index (χ3v) is 4.49. The molecule has 1 heteroatoms. The summed E-state index contributed by atoms with van der Waals surface area (Å²) in [5.74, 6) is 1.82. The van der Waals surface area contributed by atoms with Crippen molar-refractivity contribution >= 4 is 0 Å². The minimum atomic E-state index is 0.529. The Morgan fingerprint density at radius 2 is 1.72 bits per heavy atom. The van der Waals surface area contributed by atoms with Gasteiger partial charge in [0.2, 0.25) is 0 Å². The molecule has 0 aromatic rings. The van der Waals surface area contributed by atoms with Crippen molar-refractivity contribution in [1.82, 2.24) is 5.32 Å². The summed E-state index contributed by atoms with van der Waals surface area (Å²) in [7, 11) is 0. The van der Waals surface area contributed by atoms with Crippen LogP contribution in [0, 0.1) is 17.3 Å². The Balaban J connectivity index is 2.09. The predicted octanol–water partition coefficient (Wildman–Crippen LogP) is 5.01. The van der Waals surface area contributed by atoms with E-state index in [0.717, 1.165) is 11.8 Å². The number of hydrogen-bond donors (Lipinski definition) is 1. The lowest BCUT2D eigenvalue weighted by Gasteiger charge is -2.29. The lowest BCUT2D eigenvalue weighted by Crippen LogP contribution is -2.26. The van der Waals surface area contributed by atoms with E-state index in [-0.39, 0.29) is 0 Å². The molecule has 0 aromatic carbocycles. The predicted molar refractivity (Wildman–Crippen MR) is 81.9 cm³/mol. The van der Waals surface area contributed by atoms with Crippen molar-refractivity contribution in [3.8, 4) is 0 Å². The van der Waals surface area contributed by atoms with E-state index < -0.39 is 0 Å². The molecule has 0 spiro atoms. The fraction of sp³-hybridized carbons (Fsp3) is 1.00. The summed E-state index contributed by atoms with van der Waals surface area (Å²) in [6, 6.07) is 0. The fourth-order valence-electron chi connectivity index (χ4n) is 3.01. The Hall–Kier alpha value is -0.0400. The van der Waals surface area contributed by atoms with E-state index in [1.807, 2.05) is 0 Å². The first-order valence-electron chi connectivity index (χ1n) is 8.20. The van der Waals surface area contributed by atoms with Gasteiger partial charge in [0, 0.05) is 0 Å². The summed E-state index contributed by atoms with van der Waals surface area (Å²) in [6.07, 6.45) is 11.7. The topological polar surface area (TPSA) is 12.0 Å². The van der Waals surface area contributed by atoms with Gasteiger partial charge in [0.05, 0.1) is 0 Å². The standard InChI is InChI=1S/C17H35N/c1-15(2)14-18-13-12-17(3,4)11-10-16-8-6-5-7-9-16/h15-16,18H,5-14H2,1-4H3. The van der Waals surface area contributed by atoms with Gasteiger partial charge in [-0.25, -0.2) is 0 Å². The zero-order chi connectivity index (χ0) is 13.4. The third-order valence-electron chi connectivity index (χ3n) is 4.49. The van der Waals surface area contributed by atoms with Crippen molar-refractivity contribution in [2.75, 3.05) is 13.1 Å². The van der Waals surface area contributed by atoms with Crippen molar-refractivity contribution < 1.29 is 0 Å². The van der Waals surface area contributed by atoms with Crippen LogP contribution in [0.4, 0.5) is 0 Å². The van der Waals surface area contributed by atoms with Crippen LogP contribution in [-0.2, 0) is 0 Å². The lowest BCUT2D eigenvalue weighted by molar-refractivity contribution is 0.241. The molecule has 1 nitrogen and oxygen atoms in total. The smallest absolute Gasteiger partial charge is 0.00258 e. The maximum Gasteiger partial charge on any atom is -0.00258 e. The van der Waals surface area contributed by atoms with Crippen LogP contribution < -0.4 is 5.32 Å². The lowest BCUT2D eigenvalue weighted by atomic mass is 9.78. The summed E-state index contributed by atoms with van der Waals surface area (Å²) in [5, 5.41) is 3.58. The summed E-state index contributed by atoms with van der Waals surface area (Å²) >= 11 is 0. The molecule has 0 unspecified atom stereocenters. The van der Waals surface area contributed by atoms with Crippen LogP contribution in [-0.4, -0.2) is 13.1 Å². The second-order valence-corrected chi connectivity index (χ2v) is 7.55. The normalized spacial score (nSPS) is 18.5. The largest absolute Gasteiger partial charge is 0.316 e. The van der Waals surface area contributed by atoms with E-state index in [2.05, 4.69) is 33.0 Å². The van der Waals surface area contributed by atoms with Crippen molar-refractivity contribution in [2.45, 2.75) is 79.1 Å². The van der Waals surface area contributed by atoms with Gasteiger partial charge in [-0.15, -0.1) is 0 Å². The highest BCUT2D eigenvalue weighted by molar-refractivity contribution is 4.74. The Morgan fingerprint density at radius 1 is 1.06 bits per heavy atom. The first-order chi connectivity index (χ1) is 8.49. The fourth-order valence-corrected chi connectivity index (χ4v) is 3.01. The maximum absolute atomic E-state index is 3.58. The molecule has 1 fully saturated rings. The zero-order valence-electron chi connectivity index (χ0n) is 13.2. The highest BCUT2D eigenvalue weighted by atomic mass is 14.8. The van der Waals surface area contributed by atoms with Gasteiger partial charge in [-0.3, -0.25) is 0 Å². The molecule has 1 aliphatic carbocycles. The van der Waals surface area contributed by atoms with Crippen LogP contribution >= 0.6 is 0 Å². The van der Waals surface area contributed by atoms with E-state index >= 15 is 0 Å². The van der Waals surface area contributed by atoms with Crippen LogP contribution in [0.5, 0.6) is 0 Å². The molecule has 0 radical (unpaired) electrons. The molecule has 0 heterocycles. The summed E-state index contributed by atoms with van der Waals surface area (Å²) in [6.45, 7) is 11.8. The molecular formula is C17H35N. The number of rotatable bonds is 8. The molecule has 18 heavy (non-hydrogen) atoms. The summed E-state index contributed by atoms with van der Waals surface area (Å²) in [4.78, 5) is 0. The van der Waals surface area contributed by atoms with Gasteiger partial charge in [-0.2, -0.15) is 0 Å². The molecule has 1 saturated carbocycles. The average molecular weight is 253 g/mol. The van der Waals surface area contributed by atoms with Gasteiger partial charge in [0.1, 0.15) is 0 Å². The molecule has 0 aliphatic heterocycles. The van der Waals surface area contributed by atoms with Gasteiger partial charge < -0.3 is 5.32 Å². The maximum atomic E-state index is 3.58. The molecule has 1 aliphatic rings. The second kappa shape index (κ2) is 8.19. The van der Waals surface area contributed by atoms with Crippen molar-refractivity contribution in [1.29, 1.82) is 0 Å². The van der Waals surface area contributed by atoms with Gasteiger partial charge >= 0.3 is 0 Å². The Morgan fingerprint density at radius 3 is 2.33 bits per heavy atom. The van der Waals surface area contributed by atoms with Crippen molar-refractivity contribution in [3.05, 3.63) is 0 Å². The van der Waals surface area contributed by atoms with Crippen LogP contribution in [0.1, 0.15) is 79.1 Å². The first-order valence-corrected chi connectivity index (χ1v) is 8.20. The second-order valence-electron chi connectivity index (χ2n) is 7.55. The minimum absolute atomic E-state index is 0.529. The molecule has 1 N–H and O–H groups in total. The molecule has 0 atom stereocenters. The van der Waals surface area contributed by atoms with E-state index in [0.29, 0.717) is 5.41 Å². The highest BCUT2D eigenvalue weighted by Crippen LogP contribution is 2.33. The van der Waals surface area contributed by atoms with Gasteiger partial charge in [-0.1, -0.05) is 59.8 Å². The SMILES string of the molecule is CC(C)CNCCC(C)(C)CCC1CCCCC1. The Bertz CT molecular complexity index is 202.